The van der Waals surface area contributed by atoms with Gasteiger partial charge < -0.3 is 14.1 Å². The molecule has 10 heteroatoms. The molecule has 1 saturated carbocycles. The van der Waals surface area contributed by atoms with Crippen molar-refractivity contribution >= 4 is 28.7 Å². The molecule has 1 amide bonds. The number of nitro groups is 1. The van der Waals surface area contributed by atoms with E-state index in [0.29, 0.717) is 24.3 Å². The van der Waals surface area contributed by atoms with Gasteiger partial charge in [-0.15, -0.1) is 0 Å². The van der Waals surface area contributed by atoms with Crippen molar-refractivity contribution in [3.05, 3.63) is 38.9 Å². The molecule has 2 fully saturated rings. The zero-order valence-electron chi connectivity index (χ0n) is 17.3. The van der Waals surface area contributed by atoms with Gasteiger partial charge in [0.2, 0.25) is 5.91 Å². The Morgan fingerprint density at radius 2 is 2.06 bits per heavy atom. The molecule has 1 saturated heterocycles. The van der Waals surface area contributed by atoms with Crippen molar-refractivity contribution in [2.24, 2.45) is 5.92 Å². The number of likely N-dealkylation sites (tertiary alicyclic amines) is 1. The quantitative estimate of drug-likeness (QED) is 0.391. The molecule has 0 spiro atoms. The van der Waals surface area contributed by atoms with E-state index in [1.54, 1.807) is 4.90 Å². The molecule has 0 N–H and O–H groups in total. The molecule has 2 aromatic rings. The standard InChI is InChI=1S/C21H25N3O7/c1-30-20(26)17-11-13-5-2-3-6-15(13)23(17)19(25)7-4-10-22-16-9-8-14(24(28)29)12-18(16)31-21(22)27/h8-9,12-13,15,17H,2-7,10-11H2,1H3. The first-order valence-electron chi connectivity index (χ1n) is 10.6. The molecule has 2 aliphatic rings. The summed E-state index contributed by atoms with van der Waals surface area (Å²) in [4.78, 5) is 49.6. The van der Waals surface area contributed by atoms with E-state index in [1.165, 1.54) is 29.9 Å². The second-order valence-corrected chi connectivity index (χ2v) is 8.22. The van der Waals surface area contributed by atoms with Crippen molar-refractivity contribution in [2.45, 2.75) is 63.6 Å². The summed E-state index contributed by atoms with van der Waals surface area (Å²) in [6.45, 7) is 0.236. The van der Waals surface area contributed by atoms with Gasteiger partial charge in [0.05, 0.1) is 23.6 Å². The fourth-order valence-corrected chi connectivity index (χ4v) is 5.06. The van der Waals surface area contributed by atoms with Crippen LogP contribution in [0.15, 0.2) is 27.4 Å². The number of aryl methyl sites for hydroxylation is 1. The topological polar surface area (TPSA) is 125 Å². The number of hydrogen-bond donors (Lipinski definition) is 0. The number of ether oxygens (including phenoxy) is 1. The van der Waals surface area contributed by atoms with Gasteiger partial charge in [-0.1, -0.05) is 12.8 Å². The van der Waals surface area contributed by atoms with Crippen LogP contribution in [0.25, 0.3) is 11.1 Å². The van der Waals surface area contributed by atoms with Gasteiger partial charge in [0.15, 0.2) is 5.58 Å². The van der Waals surface area contributed by atoms with Gasteiger partial charge in [0, 0.05) is 25.1 Å². The largest absolute Gasteiger partial charge is 0.467 e. The first kappa shape index (κ1) is 21.1. The summed E-state index contributed by atoms with van der Waals surface area (Å²) in [5, 5.41) is 10.9. The fourth-order valence-electron chi connectivity index (χ4n) is 5.06. The average molecular weight is 431 g/mol. The third kappa shape index (κ3) is 3.94. The first-order chi connectivity index (χ1) is 14.9. The molecule has 1 aromatic heterocycles. The summed E-state index contributed by atoms with van der Waals surface area (Å²) in [6.07, 6.45) is 5.29. The minimum atomic E-state index is -0.621. The van der Waals surface area contributed by atoms with Crippen LogP contribution >= 0.6 is 0 Å². The van der Waals surface area contributed by atoms with Gasteiger partial charge in [-0.25, -0.2) is 9.59 Å². The second-order valence-electron chi connectivity index (χ2n) is 8.22. The molecular weight excluding hydrogens is 406 g/mol. The normalized spacial score (nSPS) is 23.0. The average Bonchev–Trinajstić information content (AvgIpc) is 3.30. The van der Waals surface area contributed by atoms with Gasteiger partial charge in [0.1, 0.15) is 6.04 Å². The van der Waals surface area contributed by atoms with E-state index in [2.05, 4.69) is 0 Å². The summed E-state index contributed by atoms with van der Waals surface area (Å²) in [7, 11) is 1.34. The van der Waals surface area contributed by atoms with Crippen molar-refractivity contribution < 1.29 is 23.7 Å². The Labute approximate surface area is 177 Å². The maximum Gasteiger partial charge on any atom is 0.419 e. The number of benzene rings is 1. The molecule has 3 atom stereocenters. The van der Waals surface area contributed by atoms with Gasteiger partial charge in [-0.2, -0.15) is 0 Å². The lowest BCUT2D eigenvalue weighted by Crippen LogP contribution is -2.46. The Morgan fingerprint density at radius 1 is 1.29 bits per heavy atom. The lowest BCUT2D eigenvalue weighted by Gasteiger charge is -2.33. The number of oxazole rings is 1. The highest BCUT2D eigenvalue weighted by atomic mass is 16.6. The minimum absolute atomic E-state index is 0.0726. The predicted octanol–water partition coefficient (Wildman–Crippen LogP) is 2.62. The van der Waals surface area contributed by atoms with Crippen LogP contribution in [0.2, 0.25) is 0 Å². The first-order valence-corrected chi connectivity index (χ1v) is 10.6. The molecule has 10 nitrogen and oxygen atoms in total. The summed E-state index contributed by atoms with van der Waals surface area (Å²) in [5.41, 5.74) is 0.429. The highest BCUT2D eigenvalue weighted by Gasteiger charge is 2.47. The number of carbonyl (C=O) groups excluding carboxylic acids is 2. The highest BCUT2D eigenvalue weighted by molar-refractivity contribution is 5.85. The van der Waals surface area contributed by atoms with E-state index in [0.717, 1.165) is 25.7 Å². The highest BCUT2D eigenvalue weighted by Crippen LogP contribution is 2.40. The smallest absolute Gasteiger partial charge is 0.419 e. The van der Waals surface area contributed by atoms with E-state index in [1.807, 2.05) is 0 Å². The Bertz CT molecular complexity index is 1070. The van der Waals surface area contributed by atoms with Crippen molar-refractivity contribution in [1.82, 2.24) is 9.47 Å². The minimum Gasteiger partial charge on any atom is -0.467 e. The molecular formula is C21H25N3O7. The number of nitro benzene ring substituents is 1. The summed E-state index contributed by atoms with van der Waals surface area (Å²) < 4.78 is 11.4. The maximum atomic E-state index is 13.1. The molecule has 2 heterocycles. The predicted molar refractivity (Wildman–Crippen MR) is 109 cm³/mol. The number of fused-ring (bicyclic) bond motifs is 2. The SMILES string of the molecule is COC(=O)C1CC2CCCCC2N1C(=O)CCCn1c(=O)oc2cc([N+](=O)[O-])ccc21. The number of aromatic nitrogens is 1. The van der Waals surface area contributed by atoms with E-state index in [4.69, 9.17) is 9.15 Å². The lowest BCUT2D eigenvalue weighted by molar-refractivity contribution is -0.384. The Hall–Kier alpha value is -3.17. The Morgan fingerprint density at radius 3 is 2.81 bits per heavy atom. The molecule has 166 valence electrons. The van der Waals surface area contributed by atoms with Crippen molar-refractivity contribution in [3.63, 3.8) is 0 Å². The van der Waals surface area contributed by atoms with Crippen molar-refractivity contribution in [3.8, 4) is 0 Å². The number of rotatable bonds is 6. The molecule has 1 aliphatic carbocycles. The molecule has 1 aromatic carbocycles. The zero-order chi connectivity index (χ0) is 22.1. The van der Waals surface area contributed by atoms with E-state index < -0.39 is 16.7 Å². The third-order valence-electron chi connectivity index (χ3n) is 6.48. The van der Waals surface area contributed by atoms with Crippen LogP contribution in [-0.4, -0.2) is 45.5 Å². The van der Waals surface area contributed by atoms with Gasteiger partial charge in [-0.3, -0.25) is 19.5 Å². The van der Waals surface area contributed by atoms with Crippen LogP contribution in [0.1, 0.15) is 44.9 Å². The number of methoxy groups -OCH3 is 1. The molecule has 3 unspecified atom stereocenters. The molecule has 31 heavy (non-hydrogen) atoms. The molecule has 0 bridgehead atoms. The Balaban J connectivity index is 1.46. The molecule has 0 radical (unpaired) electrons. The number of non-ortho nitro benzene ring substituents is 1. The number of nitrogens with zero attached hydrogens (tertiary/aromatic N) is 3. The van der Waals surface area contributed by atoms with Gasteiger partial charge in [0.25, 0.3) is 5.69 Å². The Kier molecular flexibility index (Phi) is 5.79. The van der Waals surface area contributed by atoms with Crippen molar-refractivity contribution in [1.29, 1.82) is 0 Å². The number of amides is 1. The van der Waals surface area contributed by atoms with Crippen LogP contribution in [0.5, 0.6) is 0 Å². The summed E-state index contributed by atoms with van der Waals surface area (Å²) in [5.74, 6) is -0.774. The van der Waals surface area contributed by atoms with Crippen LogP contribution in [-0.2, 0) is 20.9 Å². The van der Waals surface area contributed by atoms with Gasteiger partial charge >= 0.3 is 11.7 Å². The molecule has 1 aliphatic heterocycles. The maximum absolute atomic E-state index is 13.1. The summed E-state index contributed by atoms with van der Waals surface area (Å²) in [6, 6.07) is 3.53. The van der Waals surface area contributed by atoms with Crippen LogP contribution in [0.3, 0.4) is 0 Å². The zero-order valence-corrected chi connectivity index (χ0v) is 17.3. The van der Waals surface area contributed by atoms with Crippen LogP contribution in [0, 0.1) is 16.0 Å². The van der Waals surface area contributed by atoms with E-state index in [9.17, 15) is 24.5 Å². The third-order valence-corrected chi connectivity index (χ3v) is 6.48. The number of hydrogen-bond acceptors (Lipinski definition) is 7. The fraction of sp³-hybridized carbons (Fsp3) is 0.571. The number of carbonyl (C=O) groups is 2. The molecule has 4 rings (SSSR count). The monoisotopic (exact) mass is 431 g/mol. The van der Waals surface area contributed by atoms with E-state index >= 15 is 0 Å². The van der Waals surface area contributed by atoms with Crippen LogP contribution < -0.4 is 5.76 Å². The van der Waals surface area contributed by atoms with E-state index in [-0.39, 0.29) is 42.2 Å². The summed E-state index contributed by atoms with van der Waals surface area (Å²) >= 11 is 0. The lowest BCUT2D eigenvalue weighted by atomic mass is 9.84. The van der Waals surface area contributed by atoms with Crippen LogP contribution in [0.4, 0.5) is 5.69 Å². The van der Waals surface area contributed by atoms with Gasteiger partial charge in [-0.05, 0) is 37.7 Å². The van der Waals surface area contributed by atoms with Crippen molar-refractivity contribution in [2.75, 3.05) is 7.11 Å². The number of esters is 1. The second kappa shape index (κ2) is 8.52.